The lowest BCUT2D eigenvalue weighted by Crippen LogP contribution is -2.23. The molecule has 0 unspecified atom stereocenters. The van der Waals surface area contributed by atoms with Crippen molar-refractivity contribution in [3.8, 4) is 11.5 Å². The van der Waals surface area contributed by atoms with Gasteiger partial charge in [0, 0.05) is 24.2 Å². The third-order valence-corrected chi connectivity index (χ3v) is 5.07. The number of halogens is 1. The third-order valence-electron chi connectivity index (χ3n) is 4.48. The molecule has 3 rings (SSSR count). The number of ether oxygens (including phenoxy) is 2. The average Bonchev–Trinajstić information content (AvgIpc) is 3.12. The molecule has 0 saturated carbocycles. The fourth-order valence-corrected chi connectivity index (χ4v) is 3.78. The van der Waals surface area contributed by atoms with E-state index in [0.717, 1.165) is 22.1 Å². The van der Waals surface area contributed by atoms with Gasteiger partial charge in [-0.3, -0.25) is 9.59 Å². The molecule has 5 nitrogen and oxygen atoms in total. The second kappa shape index (κ2) is 9.06. The molecule has 1 saturated heterocycles. The van der Waals surface area contributed by atoms with Crippen molar-refractivity contribution in [2.45, 2.75) is 19.8 Å². The Morgan fingerprint density at radius 3 is 2.79 bits per heavy atom. The number of benzene rings is 2. The van der Waals surface area contributed by atoms with Crippen LogP contribution in [0.4, 0.5) is 5.69 Å². The number of nitrogens with zero attached hydrogens (tertiary/aromatic N) is 1. The third kappa shape index (κ3) is 4.44. The number of amides is 1. The summed E-state index contributed by atoms with van der Waals surface area (Å²) in [4.78, 5) is 26.3. The normalized spacial score (nSPS) is 14.0. The van der Waals surface area contributed by atoms with Crippen LogP contribution in [0.1, 0.15) is 35.7 Å². The number of methoxy groups -OCH3 is 1. The van der Waals surface area contributed by atoms with Crippen LogP contribution < -0.4 is 14.4 Å². The highest BCUT2D eigenvalue weighted by molar-refractivity contribution is 9.10. The van der Waals surface area contributed by atoms with Gasteiger partial charge in [0.2, 0.25) is 5.91 Å². The molecule has 0 radical (unpaired) electrons. The lowest BCUT2D eigenvalue weighted by Gasteiger charge is -2.16. The van der Waals surface area contributed by atoms with E-state index in [1.807, 2.05) is 25.1 Å². The quantitative estimate of drug-likeness (QED) is 0.451. The van der Waals surface area contributed by atoms with Gasteiger partial charge in [0.15, 0.2) is 17.3 Å². The van der Waals surface area contributed by atoms with E-state index in [9.17, 15) is 9.59 Å². The van der Waals surface area contributed by atoms with Crippen molar-refractivity contribution >= 4 is 39.4 Å². The van der Waals surface area contributed by atoms with Crippen molar-refractivity contribution in [3.05, 3.63) is 58.1 Å². The van der Waals surface area contributed by atoms with Gasteiger partial charge in [-0.2, -0.15) is 0 Å². The van der Waals surface area contributed by atoms with Crippen LogP contribution in [0.5, 0.6) is 11.5 Å². The van der Waals surface area contributed by atoms with E-state index >= 15 is 0 Å². The zero-order chi connectivity index (χ0) is 20.1. The minimum Gasteiger partial charge on any atom is -0.492 e. The predicted octanol–water partition coefficient (Wildman–Crippen LogP) is 4.88. The smallest absolute Gasteiger partial charge is 0.227 e. The molecule has 28 heavy (non-hydrogen) atoms. The Balaban J connectivity index is 1.81. The fourth-order valence-electron chi connectivity index (χ4n) is 3.16. The Bertz CT molecular complexity index is 923. The summed E-state index contributed by atoms with van der Waals surface area (Å²) in [6.07, 6.45) is 4.68. The van der Waals surface area contributed by atoms with Crippen molar-refractivity contribution in [3.63, 3.8) is 0 Å². The Morgan fingerprint density at radius 1 is 1.29 bits per heavy atom. The van der Waals surface area contributed by atoms with Crippen LogP contribution in [0.2, 0.25) is 0 Å². The monoisotopic (exact) mass is 443 g/mol. The first-order valence-electron chi connectivity index (χ1n) is 9.16. The molecule has 0 bridgehead atoms. The van der Waals surface area contributed by atoms with Crippen LogP contribution in [0, 0.1) is 0 Å². The molecular weight excluding hydrogens is 422 g/mol. The van der Waals surface area contributed by atoms with Gasteiger partial charge in [0.1, 0.15) is 0 Å². The fraction of sp³-hybridized carbons (Fsp3) is 0.273. The van der Waals surface area contributed by atoms with Gasteiger partial charge in [-0.25, -0.2) is 0 Å². The van der Waals surface area contributed by atoms with Crippen LogP contribution in [0.15, 0.2) is 46.9 Å². The lowest BCUT2D eigenvalue weighted by molar-refractivity contribution is -0.117. The van der Waals surface area contributed by atoms with Crippen LogP contribution in [0.3, 0.4) is 0 Å². The number of ketones is 1. The molecule has 0 aromatic heterocycles. The van der Waals surface area contributed by atoms with Crippen molar-refractivity contribution in [2.24, 2.45) is 0 Å². The van der Waals surface area contributed by atoms with Crippen molar-refractivity contribution in [2.75, 3.05) is 25.2 Å². The minimum absolute atomic E-state index is 0.103. The number of anilines is 1. The molecule has 1 fully saturated rings. The number of hydrogen-bond donors (Lipinski definition) is 0. The standard InChI is InChI=1S/C22H22BrNO4/c1-3-28-20-13-15(12-18(23)22(20)27-2)9-10-19(25)16-6-4-7-17(14-16)24-11-5-8-21(24)26/h4,6-7,9-10,12-14H,3,5,8,11H2,1-2H3/b10-9+. The van der Waals surface area contributed by atoms with Gasteiger partial charge >= 0.3 is 0 Å². The number of hydrogen-bond acceptors (Lipinski definition) is 4. The highest BCUT2D eigenvalue weighted by Gasteiger charge is 2.22. The topological polar surface area (TPSA) is 55.8 Å². The van der Waals surface area contributed by atoms with Gasteiger partial charge in [-0.05, 0) is 65.2 Å². The van der Waals surface area contributed by atoms with E-state index in [0.29, 0.717) is 36.6 Å². The maximum Gasteiger partial charge on any atom is 0.227 e. The molecule has 0 atom stereocenters. The summed E-state index contributed by atoms with van der Waals surface area (Å²) >= 11 is 3.47. The average molecular weight is 444 g/mol. The SMILES string of the molecule is CCOc1cc(/C=C/C(=O)c2cccc(N3CCCC3=O)c2)cc(Br)c1OC. The predicted molar refractivity (Wildman–Crippen MR) is 113 cm³/mol. The van der Waals surface area contributed by atoms with Crippen LogP contribution in [-0.4, -0.2) is 32.0 Å². The van der Waals surface area contributed by atoms with E-state index in [1.54, 1.807) is 36.3 Å². The van der Waals surface area contributed by atoms with Crippen LogP contribution >= 0.6 is 15.9 Å². The molecule has 1 heterocycles. The van der Waals surface area contributed by atoms with E-state index in [-0.39, 0.29) is 11.7 Å². The summed E-state index contributed by atoms with van der Waals surface area (Å²) in [5, 5.41) is 0. The summed E-state index contributed by atoms with van der Waals surface area (Å²) in [5.74, 6) is 1.21. The van der Waals surface area contributed by atoms with Gasteiger partial charge in [0.25, 0.3) is 0 Å². The van der Waals surface area contributed by atoms with Crippen molar-refractivity contribution in [1.29, 1.82) is 0 Å². The summed E-state index contributed by atoms with van der Waals surface area (Å²) in [5.41, 5.74) is 2.13. The largest absolute Gasteiger partial charge is 0.492 e. The summed E-state index contributed by atoms with van der Waals surface area (Å²) in [6, 6.07) is 10.9. The summed E-state index contributed by atoms with van der Waals surface area (Å²) in [6.45, 7) is 3.11. The zero-order valence-corrected chi connectivity index (χ0v) is 17.5. The molecule has 1 aliphatic heterocycles. The van der Waals surface area contributed by atoms with Gasteiger partial charge in [-0.1, -0.05) is 18.2 Å². The molecule has 0 spiro atoms. The van der Waals surface area contributed by atoms with Crippen molar-refractivity contribution < 1.29 is 19.1 Å². The van der Waals surface area contributed by atoms with Crippen LogP contribution in [-0.2, 0) is 4.79 Å². The van der Waals surface area contributed by atoms with Crippen LogP contribution in [0.25, 0.3) is 6.08 Å². The van der Waals surface area contributed by atoms with E-state index in [4.69, 9.17) is 9.47 Å². The Morgan fingerprint density at radius 2 is 2.11 bits per heavy atom. The number of rotatable bonds is 7. The van der Waals surface area contributed by atoms with Crippen molar-refractivity contribution in [1.82, 2.24) is 0 Å². The molecule has 2 aromatic rings. The molecule has 2 aromatic carbocycles. The lowest BCUT2D eigenvalue weighted by atomic mass is 10.1. The molecule has 0 aliphatic carbocycles. The first kappa shape index (κ1) is 20.1. The summed E-state index contributed by atoms with van der Waals surface area (Å²) in [7, 11) is 1.58. The second-order valence-corrected chi connectivity index (χ2v) is 7.22. The molecule has 0 N–H and O–H groups in total. The maximum atomic E-state index is 12.6. The molecule has 1 aliphatic rings. The van der Waals surface area contributed by atoms with E-state index < -0.39 is 0 Å². The number of allylic oxidation sites excluding steroid dienone is 1. The molecule has 6 heteroatoms. The molecule has 1 amide bonds. The van der Waals surface area contributed by atoms with Gasteiger partial charge in [0.05, 0.1) is 18.2 Å². The van der Waals surface area contributed by atoms with Gasteiger partial charge in [-0.15, -0.1) is 0 Å². The van der Waals surface area contributed by atoms with E-state index in [1.165, 1.54) is 6.08 Å². The number of carbonyl (C=O) groups excluding carboxylic acids is 2. The Kier molecular flexibility index (Phi) is 6.52. The highest BCUT2D eigenvalue weighted by Crippen LogP contribution is 2.37. The Labute approximate surface area is 173 Å². The maximum absolute atomic E-state index is 12.6. The zero-order valence-electron chi connectivity index (χ0n) is 15.9. The van der Waals surface area contributed by atoms with E-state index in [2.05, 4.69) is 15.9 Å². The van der Waals surface area contributed by atoms with Gasteiger partial charge < -0.3 is 14.4 Å². The number of carbonyl (C=O) groups is 2. The first-order chi connectivity index (χ1) is 13.5. The summed E-state index contributed by atoms with van der Waals surface area (Å²) < 4.78 is 11.7. The Hall–Kier alpha value is -2.60. The second-order valence-electron chi connectivity index (χ2n) is 6.36. The first-order valence-corrected chi connectivity index (χ1v) is 9.96. The molecular formula is C22H22BrNO4. The minimum atomic E-state index is -0.126. The molecule has 146 valence electrons. The highest BCUT2D eigenvalue weighted by atomic mass is 79.9.